The van der Waals surface area contributed by atoms with E-state index in [4.69, 9.17) is 27.9 Å². The fourth-order valence-electron chi connectivity index (χ4n) is 3.30. The highest BCUT2D eigenvalue weighted by Gasteiger charge is 2.24. The summed E-state index contributed by atoms with van der Waals surface area (Å²) in [7, 11) is -0.690. The minimum atomic E-state index is -3.82. The van der Waals surface area contributed by atoms with E-state index in [9.17, 15) is 13.2 Å². The standard InChI is InChI=1S/C23H28Cl2N4O4S/c1-16-12-21(20(25)13-19(16)24)34(31,32)29(3)10-11-33-15-22(30)28(2)14-17-4-6-18(7-5-17)23-26-8-9-27-23/h4-7,12-13H,8-11,14-15H2,1-3H3,(H,26,27). The molecule has 0 saturated carbocycles. The van der Waals surface area contributed by atoms with Crippen molar-refractivity contribution in [3.05, 3.63) is 63.1 Å². The molecule has 0 aliphatic carbocycles. The van der Waals surface area contributed by atoms with Crippen molar-refractivity contribution in [3.8, 4) is 0 Å². The van der Waals surface area contributed by atoms with Crippen LogP contribution < -0.4 is 5.32 Å². The summed E-state index contributed by atoms with van der Waals surface area (Å²) in [5.41, 5.74) is 2.62. The van der Waals surface area contributed by atoms with E-state index in [1.165, 1.54) is 19.2 Å². The molecule has 0 saturated heterocycles. The molecule has 0 aromatic heterocycles. The first-order chi connectivity index (χ1) is 16.1. The summed E-state index contributed by atoms with van der Waals surface area (Å²) >= 11 is 12.1. The van der Waals surface area contributed by atoms with E-state index in [-0.39, 0.29) is 35.6 Å². The summed E-state index contributed by atoms with van der Waals surface area (Å²) in [6.45, 7) is 3.75. The number of aryl methyl sites for hydroxylation is 1. The fraction of sp³-hybridized carbons (Fsp3) is 0.391. The Kier molecular flexibility index (Phi) is 8.95. The second-order valence-corrected chi connectivity index (χ2v) is 10.8. The van der Waals surface area contributed by atoms with Crippen LogP contribution in [-0.2, 0) is 26.1 Å². The van der Waals surface area contributed by atoms with Gasteiger partial charge in [-0.15, -0.1) is 0 Å². The van der Waals surface area contributed by atoms with Gasteiger partial charge in [0.05, 0.1) is 18.2 Å². The van der Waals surface area contributed by atoms with Gasteiger partial charge in [-0.3, -0.25) is 9.79 Å². The number of nitrogens with one attached hydrogen (secondary N) is 1. The minimum absolute atomic E-state index is 0.0174. The average Bonchev–Trinajstić information content (AvgIpc) is 3.34. The Hall–Kier alpha value is -2.17. The van der Waals surface area contributed by atoms with Gasteiger partial charge in [0, 0.05) is 44.3 Å². The lowest BCUT2D eigenvalue weighted by Crippen LogP contribution is -2.33. The van der Waals surface area contributed by atoms with Crippen LogP contribution in [0, 0.1) is 6.92 Å². The molecule has 34 heavy (non-hydrogen) atoms. The molecule has 3 rings (SSSR count). The molecule has 0 fully saturated rings. The average molecular weight is 527 g/mol. The lowest BCUT2D eigenvalue weighted by Gasteiger charge is -2.20. The molecule has 11 heteroatoms. The van der Waals surface area contributed by atoms with Crippen molar-refractivity contribution in [1.29, 1.82) is 0 Å². The third-order valence-electron chi connectivity index (χ3n) is 5.42. The number of carbonyl (C=O) groups is 1. The van der Waals surface area contributed by atoms with Gasteiger partial charge in [0.25, 0.3) is 0 Å². The van der Waals surface area contributed by atoms with Gasteiger partial charge in [-0.2, -0.15) is 4.31 Å². The molecule has 1 aliphatic heterocycles. The fourth-order valence-corrected chi connectivity index (χ4v) is 5.26. The summed E-state index contributed by atoms with van der Waals surface area (Å²) < 4.78 is 32.2. The maximum absolute atomic E-state index is 12.8. The Bertz CT molecular complexity index is 1170. The molecule has 0 bridgehead atoms. The Morgan fingerprint density at radius 3 is 2.50 bits per heavy atom. The van der Waals surface area contributed by atoms with E-state index in [0.29, 0.717) is 17.1 Å². The summed E-state index contributed by atoms with van der Waals surface area (Å²) in [6.07, 6.45) is 0. The van der Waals surface area contributed by atoms with Crippen LogP contribution in [0.4, 0.5) is 0 Å². The molecular weight excluding hydrogens is 499 g/mol. The first kappa shape index (κ1) is 26.4. The van der Waals surface area contributed by atoms with E-state index in [0.717, 1.165) is 34.4 Å². The Morgan fingerprint density at radius 2 is 1.85 bits per heavy atom. The van der Waals surface area contributed by atoms with Crippen molar-refractivity contribution in [1.82, 2.24) is 14.5 Å². The quantitative estimate of drug-likeness (QED) is 0.480. The summed E-state index contributed by atoms with van der Waals surface area (Å²) in [5, 5.41) is 3.68. The van der Waals surface area contributed by atoms with Crippen molar-refractivity contribution in [2.45, 2.75) is 18.4 Å². The molecule has 184 valence electrons. The molecule has 8 nitrogen and oxygen atoms in total. The number of amidine groups is 1. The highest BCUT2D eigenvalue weighted by molar-refractivity contribution is 7.89. The van der Waals surface area contributed by atoms with Crippen molar-refractivity contribution in [2.24, 2.45) is 4.99 Å². The van der Waals surface area contributed by atoms with Gasteiger partial charge in [0.15, 0.2) is 0 Å². The first-order valence-corrected chi connectivity index (χ1v) is 12.9. The lowest BCUT2D eigenvalue weighted by atomic mass is 10.1. The van der Waals surface area contributed by atoms with Crippen LogP contribution in [0.15, 0.2) is 46.3 Å². The summed E-state index contributed by atoms with van der Waals surface area (Å²) in [4.78, 5) is 18.4. The van der Waals surface area contributed by atoms with Gasteiger partial charge in [0.1, 0.15) is 17.3 Å². The van der Waals surface area contributed by atoms with E-state index in [2.05, 4.69) is 10.3 Å². The van der Waals surface area contributed by atoms with Gasteiger partial charge >= 0.3 is 0 Å². The third-order valence-corrected chi connectivity index (χ3v) is 8.15. The van der Waals surface area contributed by atoms with Crippen molar-refractivity contribution < 1.29 is 17.9 Å². The third kappa shape index (κ3) is 6.49. The van der Waals surface area contributed by atoms with Crippen LogP contribution in [-0.4, -0.2) is 76.3 Å². The van der Waals surface area contributed by atoms with Crippen molar-refractivity contribution >= 4 is 45.0 Å². The monoisotopic (exact) mass is 526 g/mol. The molecule has 0 unspecified atom stereocenters. The summed E-state index contributed by atoms with van der Waals surface area (Å²) in [5.74, 6) is 0.692. The number of nitrogens with zero attached hydrogens (tertiary/aromatic N) is 3. The van der Waals surface area contributed by atoms with Crippen LogP contribution in [0.25, 0.3) is 0 Å². The molecule has 1 amide bonds. The van der Waals surface area contributed by atoms with Gasteiger partial charge in [-0.1, -0.05) is 47.5 Å². The van der Waals surface area contributed by atoms with E-state index >= 15 is 0 Å². The molecule has 2 aromatic carbocycles. The SMILES string of the molecule is Cc1cc(S(=O)(=O)N(C)CCOCC(=O)N(C)Cc2ccc(C3=NCCN3)cc2)c(Cl)cc1Cl. The number of hydrogen-bond donors (Lipinski definition) is 1. The topological polar surface area (TPSA) is 91.3 Å². The van der Waals surface area contributed by atoms with Crippen LogP contribution in [0.1, 0.15) is 16.7 Å². The number of amides is 1. The zero-order valence-electron chi connectivity index (χ0n) is 19.3. The number of ether oxygens (including phenoxy) is 1. The number of rotatable bonds is 10. The highest BCUT2D eigenvalue weighted by atomic mass is 35.5. The van der Waals surface area contributed by atoms with Gasteiger partial charge in [-0.05, 0) is 30.2 Å². The molecule has 2 aromatic rings. The maximum atomic E-state index is 12.8. The number of hydrogen-bond acceptors (Lipinski definition) is 6. The number of carbonyl (C=O) groups excluding carboxylic acids is 1. The Balaban J connectivity index is 1.45. The van der Waals surface area contributed by atoms with Gasteiger partial charge in [-0.25, -0.2) is 8.42 Å². The highest BCUT2D eigenvalue weighted by Crippen LogP contribution is 2.29. The minimum Gasteiger partial charge on any atom is -0.370 e. The number of halogens is 2. The molecule has 1 aliphatic rings. The van der Waals surface area contributed by atoms with Crippen LogP contribution in [0.3, 0.4) is 0 Å². The first-order valence-electron chi connectivity index (χ1n) is 10.7. The normalized spacial score (nSPS) is 13.6. The number of likely N-dealkylation sites (N-methyl/N-ethyl adjacent to an activating group) is 2. The molecular formula is C23H28Cl2N4O4S. The molecule has 0 radical (unpaired) electrons. The van der Waals surface area contributed by atoms with Crippen LogP contribution in [0.5, 0.6) is 0 Å². The van der Waals surface area contributed by atoms with E-state index in [1.54, 1.807) is 18.9 Å². The van der Waals surface area contributed by atoms with Crippen molar-refractivity contribution in [2.75, 3.05) is 46.9 Å². The Labute approximate surface area is 210 Å². The summed E-state index contributed by atoms with van der Waals surface area (Å²) in [6, 6.07) is 10.7. The predicted octanol–water partition coefficient (Wildman–Crippen LogP) is 2.95. The molecule has 0 spiro atoms. The van der Waals surface area contributed by atoms with E-state index < -0.39 is 10.0 Å². The van der Waals surface area contributed by atoms with Gasteiger partial charge < -0.3 is 15.0 Å². The number of sulfonamides is 1. The van der Waals surface area contributed by atoms with Crippen LogP contribution in [0.2, 0.25) is 10.0 Å². The maximum Gasteiger partial charge on any atom is 0.248 e. The molecule has 1 N–H and O–H groups in total. The zero-order chi connectivity index (χ0) is 24.9. The smallest absolute Gasteiger partial charge is 0.248 e. The number of aliphatic imine (C=N–C) groups is 1. The zero-order valence-corrected chi connectivity index (χ0v) is 21.7. The van der Waals surface area contributed by atoms with Crippen LogP contribution >= 0.6 is 23.2 Å². The van der Waals surface area contributed by atoms with Gasteiger partial charge in [0.2, 0.25) is 15.9 Å². The Morgan fingerprint density at radius 1 is 1.15 bits per heavy atom. The molecule has 0 atom stereocenters. The lowest BCUT2D eigenvalue weighted by molar-refractivity contribution is -0.135. The number of benzene rings is 2. The second-order valence-electron chi connectivity index (χ2n) is 8.01. The predicted molar refractivity (Wildman–Crippen MR) is 134 cm³/mol. The largest absolute Gasteiger partial charge is 0.370 e. The molecule has 1 heterocycles. The van der Waals surface area contributed by atoms with E-state index in [1.807, 2.05) is 24.3 Å². The second kappa shape index (κ2) is 11.5. The van der Waals surface area contributed by atoms with Crippen molar-refractivity contribution in [3.63, 3.8) is 0 Å².